The van der Waals surface area contributed by atoms with Crippen molar-refractivity contribution in [2.24, 2.45) is 5.92 Å². The molecule has 3 aromatic rings. The van der Waals surface area contributed by atoms with E-state index in [-0.39, 0.29) is 0 Å². The number of piperidine rings is 1. The molecule has 4 fully saturated rings. The summed E-state index contributed by atoms with van der Waals surface area (Å²) in [7, 11) is 2.24. The van der Waals surface area contributed by atoms with Gasteiger partial charge in [-0.2, -0.15) is 0 Å². The summed E-state index contributed by atoms with van der Waals surface area (Å²) < 4.78 is 0. The van der Waals surface area contributed by atoms with Crippen molar-refractivity contribution in [3.8, 4) is 0 Å². The molecule has 1 unspecified atom stereocenters. The van der Waals surface area contributed by atoms with Gasteiger partial charge in [0, 0.05) is 69.0 Å². The number of anilines is 3. The Morgan fingerprint density at radius 2 is 1.62 bits per heavy atom. The van der Waals surface area contributed by atoms with Crippen molar-refractivity contribution in [2.75, 3.05) is 74.1 Å². The highest BCUT2D eigenvalue weighted by atomic mass is 15.2. The molecule has 0 radical (unpaired) electrons. The number of aromatic nitrogens is 2. The SMILES string of the molecule is CC(c1nc(N2CCC(c3ccccc3N3CCC3)CC2)c2cc(N(C)CCN3CCCC3)ccc2n1)C1CC1. The Bertz CT molecular complexity index is 1320. The minimum absolute atomic E-state index is 0.437. The molecule has 0 spiro atoms. The summed E-state index contributed by atoms with van der Waals surface area (Å²) in [6.07, 6.45) is 9.02. The first-order valence-electron chi connectivity index (χ1n) is 16.0. The first-order chi connectivity index (χ1) is 19.6. The van der Waals surface area contributed by atoms with E-state index < -0.39 is 0 Å². The summed E-state index contributed by atoms with van der Waals surface area (Å²) in [6.45, 7) is 11.6. The van der Waals surface area contributed by atoms with Gasteiger partial charge in [0.2, 0.25) is 0 Å². The summed E-state index contributed by atoms with van der Waals surface area (Å²) in [5.41, 5.74) is 5.41. The number of hydrogen-bond acceptors (Lipinski definition) is 6. The van der Waals surface area contributed by atoms with E-state index >= 15 is 0 Å². The van der Waals surface area contributed by atoms with Gasteiger partial charge in [0.05, 0.1) is 5.52 Å². The lowest BCUT2D eigenvalue weighted by Crippen LogP contribution is -2.39. The molecule has 4 heterocycles. The quantitative estimate of drug-likeness (QED) is 0.320. The van der Waals surface area contributed by atoms with Crippen molar-refractivity contribution in [2.45, 2.75) is 63.7 Å². The Kier molecular flexibility index (Phi) is 7.29. The van der Waals surface area contributed by atoms with E-state index in [9.17, 15) is 0 Å². The van der Waals surface area contributed by atoms with Gasteiger partial charge in [-0.25, -0.2) is 9.97 Å². The van der Waals surface area contributed by atoms with Gasteiger partial charge in [-0.15, -0.1) is 0 Å². The Hall–Kier alpha value is -2.86. The topological polar surface area (TPSA) is 38.7 Å². The fourth-order valence-electron chi connectivity index (χ4n) is 7.11. The van der Waals surface area contributed by atoms with E-state index in [2.05, 4.69) is 76.0 Å². The van der Waals surface area contributed by atoms with Crippen molar-refractivity contribution in [1.29, 1.82) is 0 Å². The van der Waals surface area contributed by atoms with Crippen molar-refractivity contribution >= 4 is 28.1 Å². The largest absolute Gasteiger partial charge is 0.373 e. The van der Waals surface area contributed by atoms with Crippen LogP contribution in [0.5, 0.6) is 0 Å². The highest BCUT2D eigenvalue weighted by Crippen LogP contribution is 2.43. The first-order valence-corrected chi connectivity index (χ1v) is 16.0. The third kappa shape index (κ3) is 5.27. The predicted molar refractivity (Wildman–Crippen MR) is 167 cm³/mol. The summed E-state index contributed by atoms with van der Waals surface area (Å²) >= 11 is 0. The normalized spacial score (nSPS) is 21.1. The van der Waals surface area contributed by atoms with Gasteiger partial charge in [-0.3, -0.25) is 0 Å². The molecule has 0 bridgehead atoms. The van der Waals surface area contributed by atoms with Crippen molar-refractivity contribution in [3.63, 3.8) is 0 Å². The second-order valence-corrected chi connectivity index (χ2v) is 12.9. The van der Waals surface area contributed by atoms with Gasteiger partial charge in [0.15, 0.2) is 0 Å². The predicted octanol–water partition coefficient (Wildman–Crippen LogP) is 6.27. The lowest BCUT2D eigenvalue weighted by molar-refractivity contribution is 0.346. The van der Waals surface area contributed by atoms with Crippen LogP contribution in [-0.2, 0) is 0 Å². The van der Waals surface area contributed by atoms with E-state index in [0.717, 1.165) is 49.3 Å². The molecule has 0 amide bonds. The molecule has 1 saturated carbocycles. The number of rotatable bonds is 9. The zero-order valence-electron chi connectivity index (χ0n) is 24.6. The van der Waals surface area contributed by atoms with Gasteiger partial charge < -0.3 is 19.6 Å². The molecule has 6 nitrogen and oxygen atoms in total. The van der Waals surface area contributed by atoms with Crippen LogP contribution in [0.15, 0.2) is 42.5 Å². The fraction of sp³-hybridized carbons (Fsp3) is 0.588. The van der Waals surface area contributed by atoms with Gasteiger partial charge in [-0.05, 0) is 99.7 Å². The smallest absolute Gasteiger partial charge is 0.140 e. The van der Waals surface area contributed by atoms with Crippen LogP contribution in [0.3, 0.4) is 0 Å². The van der Waals surface area contributed by atoms with Crippen LogP contribution in [0.4, 0.5) is 17.2 Å². The van der Waals surface area contributed by atoms with Gasteiger partial charge in [0.25, 0.3) is 0 Å². The molecule has 40 heavy (non-hydrogen) atoms. The fourth-order valence-corrected chi connectivity index (χ4v) is 7.11. The van der Waals surface area contributed by atoms with Crippen molar-refractivity contribution in [3.05, 3.63) is 53.9 Å². The molecule has 4 aliphatic rings. The molecular weight excluding hydrogens is 492 g/mol. The average molecular weight is 539 g/mol. The summed E-state index contributed by atoms with van der Waals surface area (Å²) in [5.74, 6) is 4.03. The average Bonchev–Trinajstić information content (AvgIpc) is 3.69. The van der Waals surface area contributed by atoms with Crippen LogP contribution in [-0.4, -0.2) is 74.3 Å². The second-order valence-electron chi connectivity index (χ2n) is 12.9. The van der Waals surface area contributed by atoms with Crippen LogP contribution in [0.1, 0.15) is 75.1 Å². The zero-order valence-corrected chi connectivity index (χ0v) is 24.6. The van der Waals surface area contributed by atoms with Crippen LogP contribution in [0.2, 0.25) is 0 Å². The number of likely N-dealkylation sites (tertiary alicyclic amines) is 1. The lowest BCUT2D eigenvalue weighted by Gasteiger charge is -2.39. The Labute approximate surface area is 240 Å². The highest BCUT2D eigenvalue weighted by molar-refractivity contribution is 5.92. The van der Waals surface area contributed by atoms with Gasteiger partial charge in [0.1, 0.15) is 11.6 Å². The van der Waals surface area contributed by atoms with E-state index in [1.165, 1.54) is 87.9 Å². The van der Waals surface area contributed by atoms with Crippen LogP contribution >= 0.6 is 0 Å². The maximum atomic E-state index is 5.34. The van der Waals surface area contributed by atoms with E-state index in [1.54, 1.807) is 5.56 Å². The number of likely N-dealkylation sites (N-methyl/N-ethyl adjacent to an activating group) is 1. The van der Waals surface area contributed by atoms with Crippen LogP contribution in [0.25, 0.3) is 10.9 Å². The maximum Gasteiger partial charge on any atom is 0.140 e. The zero-order chi connectivity index (χ0) is 27.1. The minimum atomic E-state index is 0.437. The molecular formula is C34H46N6. The molecule has 1 atom stereocenters. The molecule has 6 heteroatoms. The van der Waals surface area contributed by atoms with Crippen molar-refractivity contribution in [1.82, 2.24) is 14.9 Å². The Morgan fingerprint density at radius 1 is 0.850 bits per heavy atom. The molecule has 0 N–H and O–H groups in total. The molecule has 1 aliphatic carbocycles. The molecule has 212 valence electrons. The highest BCUT2D eigenvalue weighted by Gasteiger charge is 2.32. The van der Waals surface area contributed by atoms with E-state index in [4.69, 9.17) is 9.97 Å². The Balaban J connectivity index is 1.15. The van der Waals surface area contributed by atoms with E-state index in [0.29, 0.717) is 11.8 Å². The number of hydrogen-bond donors (Lipinski definition) is 0. The lowest BCUT2D eigenvalue weighted by atomic mass is 9.87. The monoisotopic (exact) mass is 538 g/mol. The molecule has 1 aromatic heterocycles. The summed E-state index contributed by atoms with van der Waals surface area (Å²) in [6, 6.07) is 16.1. The van der Waals surface area contributed by atoms with E-state index in [1.807, 2.05) is 0 Å². The Morgan fingerprint density at radius 3 is 2.35 bits per heavy atom. The standard InChI is InChI=1S/C34H46N6/c1-25(26-10-11-26)33-35-31-13-12-28(37(2)22-23-38-16-5-6-17-38)24-30(31)34(36-33)40-20-14-27(15-21-40)29-8-3-4-9-32(29)39-18-7-19-39/h3-4,8-9,12-13,24-27H,5-7,10-11,14-23H2,1-2H3. The molecule has 3 aliphatic heterocycles. The number of nitrogens with zero attached hydrogens (tertiary/aromatic N) is 6. The van der Waals surface area contributed by atoms with Gasteiger partial charge >= 0.3 is 0 Å². The third-order valence-electron chi connectivity index (χ3n) is 10.2. The first kappa shape index (κ1) is 26.1. The van der Waals surface area contributed by atoms with Crippen LogP contribution in [0, 0.1) is 5.92 Å². The summed E-state index contributed by atoms with van der Waals surface area (Å²) in [5, 5.41) is 1.22. The maximum absolute atomic E-state index is 5.34. The molecule has 3 saturated heterocycles. The van der Waals surface area contributed by atoms with Crippen LogP contribution < -0.4 is 14.7 Å². The van der Waals surface area contributed by atoms with Crippen molar-refractivity contribution < 1.29 is 0 Å². The molecule has 2 aromatic carbocycles. The number of benzene rings is 2. The number of para-hydroxylation sites is 1. The summed E-state index contributed by atoms with van der Waals surface area (Å²) in [4.78, 5) is 20.6. The minimum Gasteiger partial charge on any atom is -0.373 e. The molecule has 7 rings (SSSR count). The third-order valence-corrected chi connectivity index (χ3v) is 10.2. The second kappa shape index (κ2) is 11.2. The van der Waals surface area contributed by atoms with Gasteiger partial charge in [-0.1, -0.05) is 25.1 Å². The number of fused-ring (bicyclic) bond motifs is 1.